The molecule has 0 spiro atoms. The molecule has 0 aromatic carbocycles. The molecule has 4 nitrogen and oxygen atoms in total. The molecular formula is C11H17N3OS. The van der Waals surface area contributed by atoms with Crippen molar-refractivity contribution in [1.82, 2.24) is 15.2 Å². The van der Waals surface area contributed by atoms with Gasteiger partial charge in [-0.1, -0.05) is 0 Å². The van der Waals surface area contributed by atoms with Crippen LogP contribution in [0.4, 0.5) is 0 Å². The first-order valence-corrected chi connectivity index (χ1v) is 6.35. The van der Waals surface area contributed by atoms with E-state index in [9.17, 15) is 4.79 Å². The molecule has 16 heavy (non-hydrogen) atoms. The molecule has 1 unspecified atom stereocenters. The van der Waals surface area contributed by atoms with Gasteiger partial charge in [-0.3, -0.25) is 4.79 Å². The Hall–Kier alpha value is -0.940. The van der Waals surface area contributed by atoms with E-state index in [1.54, 1.807) is 16.2 Å². The largest absolute Gasteiger partial charge is 0.344 e. The number of hydrogen-bond donors (Lipinski definition) is 1. The SMILES string of the molecule is Cc1ncc(CNC2CCC(=O)N(C)C2)s1. The van der Waals surface area contributed by atoms with E-state index in [0.29, 0.717) is 12.5 Å². The minimum atomic E-state index is 0.256. The lowest BCUT2D eigenvalue weighted by Crippen LogP contribution is -2.46. The Kier molecular flexibility index (Phi) is 3.56. The molecule has 2 heterocycles. The highest BCUT2D eigenvalue weighted by molar-refractivity contribution is 7.11. The molecule has 1 aliphatic heterocycles. The monoisotopic (exact) mass is 239 g/mol. The number of likely N-dealkylation sites (tertiary alicyclic amines) is 1. The van der Waals surface area contributed by atoms with Crippen molar-refractivity contribution in [3.63, 3.8) is 0 Å². The van der Waals surface area contributed by atoms with E-state index in [4.69, 9.17) is 0 Å². The van der Waals surface area contributed by atoms with Gasteiger partial charge in [-0.05, 0) is 13.3 Å². The van der Waals surface area contributed by atoms with E-state index in [1.807, 2.05) is 20.2 Å². The van der Waals surface area contributed by atoms with Crippen molar-refractivity contribution in [2.45, 2.75) is 32.4 Å². The van der Waals surface area contributed by atoms with E-state index < -0.39 is 0 Å². The molecule has 1 N–H and O–H groups in total. The molecule has 1 atom stereocenters. The van der Waals surface area contributed by atoms with Gasteiger partial charge in [0.2, 0.25) is 5.91 Å². The number of likely N-dealkylation sites (N-methyl/N-ethyl adjacent to an activating group) is 1. The van der Waals surface area contributed by atoms with E-state index in [1.165, 1.54) is 4.88 Å². The van der Waals surface area contributed by atoms with Gasteiger partial charge in [-0.25, -0.2) is 4.98 Å². The molecule has 1 aromatic rings. The lowest BCUT2D eigenvalue weighted by Gasteiger charge is -2.30. The van der Waals surface area contributed by atoms with Crippen molar-refractivity contribution in [2.75, 3.05) is 13.6 Å². The first-order chi connectivity index (χ1) is 7.65. The summed E-state index contributed by atoms with van der Waals surface area (Å²) >= 11 is 1.72. The van der Waals surface area contributed by atoms with Crippen LogP contribution in [0.5, 0.6) is 0 Å². The maximum absolute atomic E-state index is 11.3. The van der Waals surface area contributed by atoms with Gasteiger partial charge in [0.1, 0.15) is 0 Å². The number of aryl methyl sites for hydroxylation is 1. The van der Waals surface area contributed by atoms with Crippen LogP contribution in [0, 0.1) is 6.92 Å². The average molecular weight is 239 g/mol. The molecule has 1 saturated heterocycles. The Morgan fingerprint density at radius 1 is 1.69 bits per heavy atom. The fourth-order valence-electron chi connectivity index (χ4n) is 1.91. The molecule has 1 fully saturated rings. The number of aromatic nitrogens is 1. The Bertz CT molecular complexity index is 377. The second-order valence-corrected chi connectivity index (χ2v) is 5.56. The number of hydrogen-bond acceptors (Lipinski definition) is 4. The van der Waals surface area contributed by atoms with Gasteiger partial charge in [0.05, 0.1) is 5.01 Å². The van der Waals surface area contributed by atoms with Crippen LogP contribution in [-0.2, 0) is 11.3 Å². The predicted octanol–water partition coefficient (Wildman–Crippen LogP) is 1.16. The van der Waals surface area contributed by atoms with Crippen molar-refractivity contribution in [3.05, 3.63) is 16.1 Å². The molecule has 1 aromatic heterocycles. The smallest absolute Gasteiger partial charge is 0.222 e. The Labute approximate surface area is 99.7 Å². The number of carbonyl (C=O) groups is 1. The number of amides is 1. The molecule has 2 rings (SSSR count). The quantitative estimate of drug-likeness (QED) is 0.861. The van der Waals surface area contributed by atoms with Crippen LogP contribution in [0.2, 0.25) is 0 Å². The van der Waals surface area contributed by atoms with E-state index >= 15 is 0 Å². The summed E-state index contributed by atoms with van der Waals surface area (Å²) < 4.78 is 0. The minimum Gasteiger partial charge on any atom is -0.344 e. The third-order valence-corrected chi connectivity index (χ3v) is 3.77. The number of thiazole rings is 1. The zero-order chi connectivity index (χ0) is 11.5. The fraction of sp³-hybridized carbons (Fsp3) is 0.636. The normalized spacial score (nSPS) is 21.5. The van der Waals surface area contributed by atoms with Gasteiger partial charge in [0.15, 0.2) is 0 Å². The van der Waals surface area contributed by atoms with Gasteiger partial charge >= 0.3 is 0 Å². The number of nitrogens with one attached hydrogen (secondary N) is 1. The number of carbonyl (C=O) groups excluding carboxylic acids is 1. The number of nitrogens with zero attached hydrogens (tertiary/aromatic N) is 2. The molecular weight excluding hydrogens is 222 g/mol. The van der Waals surface area contributed by atoms with Crippen molar-refractivity contribution < 1.29 is 4.79 Å². The van der Waals surface area contributed by atoms with Crippen LogP contribution in [-0.4, -0.2) is 35.4 Å². The first-order valence-electron chi connectivity index (χ1n) is 5.54. The Balaban J connectivity index is 1.80. The van der Waals surface area contributed by atoms with Crippen molar-refractivity contribution >= 4 is 17.2 Å². The standard InChI is InChI=1S/C11H17N3OS/c1-8-12-5-10(16-8)6-13-9-3-4-11(15)14(2)7-9/h5,9,13H,3-4,6-7H2,1-2H3. The molecule has 0 saturated carbocycles. The summed E-state index contributed by atoms with van der Waals surface area (Å²) in [7, 11) is 1.87. The minimum absolute atomic E-state index is 0.256. The third-order valence-electron chi connectivity index (χ3n) is 2.86. The maximum atomic E-state index is 11.3. The van der Waals surface area contributed by atoms with Crippen LogP contribution < -0.4 is 5.32 Å². The summed E-state index contributed by atoms with van der Waals surface area (Å²) in [6.07, 6.45) is 3.53. The summed E-state index contributed by atoms with van der Waals surface area (Å²) in [5.41, 5.74) is 0. The second kappa shape index (κ2) is 4.93. The average Bonchev–Trinajstić information content (AvgIpc) is 2.66. The van der Waals surface area contributed by atoms with Crippen LogP contribution in [0.25, 0.3) is 0 Å². The summed E-state index contributed by atoms with van der Waals surface area (Å²) in [6, 6.07) is 0.421. The van der Waals surface area contributed by atoms with Crippen molar-refractivity contribution in [2.24, 2.45) is 0 Å². The highest BCUT2D eigenvalue weighted by Gasteiger charge is 2.22. The Morgan fingerprint density at radius 3 is 3.12 bits per heavy atom. The van der Waals surface area contributed by atoms with Crippen LogP contribution in [0.15, 0.2) is 6.20 Å². The summed E-state index contributed by atoms with van der Waals surface area (Å²) in [4.78, 5) is 18.6. The van der Waals surface area contributed by atoms with Crippen LogP contribution in [0.1, 0.15) is 22.7 Å². The molecule has 88 valence electrons. The highest BCUT2D eigenvalue weighted by atomic mass is 32.1. The summed E-state index contributed by atoms with van der Waals surface area (Å²) in [5, 5.41) is 4.58. The summed E-state index contributed by atoms with van der Waals surface area (Å²) in [6.45, 7) is 3.69. The number of piperidine rings is 1. The van der Waals surface area contributed by atoms with E-state index in [2.05, 4.69) is 10.3 Å². The zero-order valence-electron chi connectivity index (χ0n) is 9.69. The predicted molar refractivity (Wildman–Crippen MR) is 64.3 cm³/mol. The lowest BCUT2D eigenvalue weighted by atomic mass is 10.1. The Morgan fingerprint density at radius 2 is 2.50 bits per heavy atom. The van der Waals surface area contributed by atoms with Gasteiger partial charge in [-0.15, -0.1) is 11.3 Å². The second-order valence-electron chi connectivity index (χ2n) is 4.24. The highest BCUT2D eigenvalue weighted by Crippen LogP contribution is 2.13. The van der Waals surface area contributed by atoms with Gasteiger partial charge in [0, 0.05) is 43.7 Å². The molecule has 5 heteroatoms. The summed E-state index contributed by atoms with van der Waals surface area (Å²) in [5.74, 6) is 0.256. The van der Waals surface area contributed by atoms with Crippen LogP contribution >= 0.6 is 11.3 Å². The first kappa shape index (κ1) is 11.5. The number of rotatable bonds is 3. The third kappa shape index (κ3) is 2.80. The van der Waals surface area contributed by atoms with E-state index in [-0.39, 0.29) is 5.91 Å². The van der Waals surface area contributed by atoms with Gasteiger partial charge < -0.3 is 10.2 Å². The topological polar surface area (TPSA) is 45.2 Å². The van der Waals surface area contributed by atoms with Gasteiger partial charge in [0.25, 0.3) is 0 Å². The lowest BCUT2D eigenvalue weighted by molar-refractivity contribution is -0.132. The maximum Gasteiger partial charge on any atom is 0.222 e. The molecule has 1 amide bonds. The molecule has 0 aliphatic carbocycles. The van der Waals surface area contributed by atoms with E-state index in [0.717, 1.165) is 24.5 Å². The van der Waals surface area contributed by atoms with Crippen molar-refractivity contribution in [3.8, 4) is 0 Å². The fourth-order valence-corrected chi connectivity index (χ4v) is 2.66. The van der Waals surface area contributed by atoms with Crippen LogP contribution in [0.3, 0.4) is 0 Å². The van der Waals surface area contributed by atoms with Crippen molar-refractivity contribution in [1.29, 1.82) is 0 Å². The zero-order valence-corrected chi connectivity index (χ0v) is 10.5. The molecule has 0 bridgehead atoms. The van der Waals surface area contributed by atoms with Gasteiger partial charge in [-0.2, -0.15) is 0 Å². The molecule has 0 radical (unpaired) electrons. The molecule has 1 aliphatic rings.